The maximum atomic E-state index is 12.3. The van der Waals surface area contributed by atoms with E-state index < -0.39 is 11.9 Å². The number of amides is 3. The Morgan fingerprint density at radius 2 is 1.90 bits per heavy atom. The van der Waals surface area contributed by atoms with Gasteiger partial charge >= 0.3 is 6.03 Å². The maximum Gasteiger partial charge on any atom is 0.325 e. The number of aromatic amines is 1. The van der Waals surface area contributed by atoms with Crippen molar-refractivity contribution in [2.45, 2.75) is 27.3 Å². The van der Waals surface area contributed by atoms with Crippen molar-refractivity contribution in [3.8, 4) is 0 Å². The van der Waals surface area contributed by atoms with Crippen LogP contribution in [0.2, 0.25) is 0 Å². The van der Waals surface area contributed by atoms with E-state index in [1.807, 2.05) is 39.0 Å². The van der Waals surface area contributed by atoms with Crippen molar-refractivity contribution < 1.29 is 9.59 Å². The predicted octanol–water partition coefficient (Wildman–Crippen LogP) is 2.71. The van der Waals surface area contributed by atoms with Crippen molar-refractivity contribution in [1.29, 1.82) is 0 Å². The van der Waals surface area contributed by atoms with Gasteiger partial charge in [0.15, 0.2) is 0 Å². The Labute approximate surface area is 174 Å². The molecule has 8 heteroatoms. The molecule has 0 radical (unpaired) electrons. The Morgan fingerprint density at radius 3 is 2.63 bits per heavy atom. The lowest BCUT2D eigenvalue weighted by atomic mass is 10.1. The van der Waals surface area contributed by atoms with Crippen LogP contribution in [0.1, 0.15) is 23.9 Å². The number of benzene rings is 2. The van der Waals surface area contributed by atoms with Crippen LogP contribution in [0.5, 0.6) is 0 Å². The van der Waals surface area contributed by atoms with Gasteiger partial charge in [0, 0.05) is 5.69 Å². The summed E-state index contributed by atoms with van der Waals surface area (Å²) in [6.45, 7) is 6.57. The fourth-order valence-electron chi connectivity index (χ4n) is 3.18. The number of nitrogens with zero attached hydrogens (tertiary/aromatic N) is 2. The Hall–Kier alpha value is -3.52. The first kappa shape index (κ1) is 21.2. The normalized spacial score (nSPS) is 10.9. The highest BCUT2D eigenvalue weighted by Gasteiger charge is 2.15. The molecule has 8 nitrogen and oxygen atoms in total. The molecule has 0 bridgehead atoms. The van der Waals surface area contributed by atoms with Crippen molar-refractivity contribution in [1.82, 2.24) is 20.2 Å². The summed E-state index contributed by atoms with van der Waals surface area (Å²) in [5.41, 5.74) is 3.04. The van der Waals surface area contributed by atoms with Gasteiger partial charge in [-0.2, -0.15) is 0 Å². The van der Waals surface area contributed by atoms with Crippen LogP contribution in [0.15, 0.2) is 47.3 Å². The van der Waals surface area contributed by atoms with E-state index in [4.69, 9.17) is 0 Å². The topological polar surface area (TPSA) is 107 Å². The highest BCUT2D eigenvalue weighted by atomic mass is 16.2. The number of hydrogen-bond donors (Lipinski definition) is 3. The van der Waals surface area contributed by atoms with Crippen molar-refractivity contribution in [3.05, 3.63) is 69.8 Å². The smallest absolute Gasteiger partial charge is 0.309 e. The molecule has 1 aromatic heterocycles. The number of fused-ring (bicyclic) bond motifs is 1. The summed E-state index contributed by atoms with van der Waals surface area (Å²) in [5, 5.41) is 5.55. The summed E-state index contributed by atoms with van der Waals surface area (Å²) in [4.78, 5) is 45.7. The molecule has 0 aliphatic carbocycles. The van der Waals surface area contributed by atoms with Gasteiger partial charge in [0.2, 0.25) is 5.91 Å². The standard InChI is InChI=1S/C22H25N5O3/c1-4-27(12-19-23-18-8-6-5-7-16(18)21(29)25-19)13-20(28)26-22(30)24-17-10-9-14(2)11-15(17)3/h5-11H,4,12-13H2,1-3H3,(H,23,25,29)(H2,24,26,28,30). The second-order valence-corrected chi connectivity index (χ2v) is 7.15. The number of anilines is 1. The molecular formula is C22H25N5O3. The molecule has 0 atom stereocenters. The predicted molar refractivity (Wildman–Crippen MR) is 116 cm³/mol. The molecular weight excluding hydrogens is 382 g/mol. The first-order chi connectivity index (χ1) is 14.4. The summed E-state index contributed by atoms with van der Waals surface area (Å²) in [6, 6.07) is 12.1. The number of urea groups is 1. The number of para-hydroxylation sites is 1. The van der Waals surface area contributed by atoms with E-state index in [-0.39, 0.29) is 18.6 Å². The molecule has 156 valence electrons. The SMILES string of the molecule is CCN(CC(=O)NC(=O)Nc1ccc(C)cc1C)Cc1nc2ccccc2c(=O)[nH]1. The Balaban J connectivity index is 1.60. The maximum absolute atomic E-state index is 12.3. The van der Waals surface area contributed by atoms with Gasteiger partial charge in [-0.05, 0) is 44.2 Å². The van der Waals surface area contributed by atoms with Gasteiger partial charge in [0.25, 0.3) is 5.56 Å². The van der Waals surface area contributed by atoms with Crippen LogP contribution in [0, 0.1) is 13.8 Å². The molecule has 3 N–H and O–H groups in total. The number of aryl methyl sites for hydroxylation is 2. The van der Waals surface area contributed by atoms with Crippen molar-refractivity contribution in [3.63, 3.8) is 0 Å². The van der Waals surface area contributed by atoms with Crippen LogP contribution in [0.25, 0.3) is 10.9 Å². The minimum absolute atomic E-state index is 0.00661. The molecule has 3 rings (SSSR count). The van der Waals surface area contributed by atoms with Gasteiger partial charge < -0.3 is 10.3 Å². The fraction of sp³-hybridized carbons (Fsp3) is 0.273. The number of hydrogen-bond acceptors (Lipinski definition) is 5. The molecule has 0 unspecified atom stereocenters. The third-order valence-corrected chi connectivity index (χ3v) is 4.73. The number of H-pyrrole nitrogens is 1. The van der Waals surface area contributed by atoms with Crippen LogP contribution in [0.4, 0.5) is 10.5 Å². The molecule has 0 saturated carbocycles. The lowest BCUT2D eigenvalue weighted by Crippen LogP contribution is -2.42. The number of imide groups is 1. The highest BCUT2D eigenvalue weighted by Crippen LogP contribution is 2.15. The van der Waals surface area contributed by atoms with Crippen LogP contribution in [-0.2, 0) is 11.3 Å². The monoisotopic (exact) mass is 407 g/mol. The number of carbonyl (C=O) groups is 2. The second kappa shape index (κ2) is 9.32. The quantitative estimate of drug-likeness (QED) is 0.582. The number of likely N-dealkylation sites (N-methyl/N-ethyl adjacent to an activating group) is 1. The Morgan fingerprint density at radius 1 is 1.13 bits per heavy atom. The summed E-state index contributed by atoms with van der Waals surface area (Å²) in [7, 11) is 0. The van der Waals surface area contributed by atoms with Gasteiger partial charge in [0.1, 0.15) is 5.82 Å². The van der Waals surface area contributed by atoms with E-state index in [1.54, 1.807) is 29.2 Å². The zero-order chi connectivity index (χ0) is 21.7. The fourth-order valence-corrected chi connectivity index (χ4v) is 3.18. The molecule has 2 aromatic carbocycles. The Bertz CT molecular complexity index is 1140. The van der Waals surface area contributed by atoms with E-state index in [0.29, 0.717) is 29.0 Å². The van der Waals surface area contributed by atoms with Crippen molar-refractivity contribution >= 4 is 28.5 Å². The molecule has 0 saturated heterocycles. The van der Waals surface area contributed by atoms with Crippen LogP contribution >= 0.6 is 0 Å². The molecule has 3 aromatic rings. The number of nitrogens with one attached hydrogen (secondary N) is 3. The largest absolute Gasteiger partial charge is 0.325 e. The lowest BCUT2D eigenvalue weighted by Gasteiger charge is -2.19. The molecule has 0 aliphatic heterocycles. The van der Waals surface area contributed by atoms with Crippen LogP contribution in [-0.4, -0.2) is 39.9 Å². The minimum Gasteiger partial charge on any atom is -0.309 e. The molecule has 0 fully saturated rings. The van der Waals surface area contributed by atoms with E-state index in [0.717, 1.165) is 11.1 Å². The Kier molecular flexibility index (Phi) is 6.58. The van der Waals surface area contributed by atoms with Gasteiger partial charge in [-0.25, -0.2) is 9.78 Å². The molecule has 0 spiro atoms. The summed E-state index contributed by atoms with van der Waals surface area (Å²) < 4.78 is 0. The number of aromatic nitrogens is 2. The number of carbonyl (C=O) groups excluding carboxylic acids is 2. The summed E-state index contributed by atoms with van der Waals surface area (Å²) in [5.74, 6) is 0.0235. The highest BCUT2D eigenvalue weighted by molar-refractivity contribution is 6.02. The summed E-state index contributed by atoms with van der Waals surface area (Å²) in [6.07, 6.45) is 0. The molecule has 3 amide bonds. The van der Waals surface area contributed by atoms with E-state index >= 15 is 0 Å². The first-order valence-electron chi connectivity index (χ1n) is 9.74. The van der Waals surface area contributed by atoms with Crippen molar-refractivity contribution in [2.75, 3.05) is 18.4 Å². The minimum atomic E-state index is -0.583. The molecule has 1 heterocycles. The molecule has 0 aliphatic rings. The van der Waals surface area contributed by atoms with Crippen LogP contribution in [0.3, 0.4) is 0 Å². The van der Waals surface area contributed by atoms with E-state index in [1.165, 1.54) is 0 Å². The number of rotatable bonds is 6. The third-order valence-electron chi connectivity index (χ3n) is 4.73. The van der Waals surface area contributed by atoms with Gasteiger partial charge in [-0.3, -0.25) is 19.8 Å². The van der Waals surface area contributed by atoms with Gasteiger partial charge in [-0.15, -0.1) is 0 Å². The average Bonchev–Trinajstić information content (AvgIpc) is 2.69. The average molecular weight is 407 g/mol. The van der Waals surface area contributed by atoms with Crippen LogP contribution < -0.4 is 16.2 Å². The van der Waals surface area contributed by atoms with Crippen molar-refractivity contribution in [2.24, 2.45) is 0 Å². The summed E-state index contributed by atoms with van der Waals surface area (Å²) >= 11 is 0. The van der Waals surface area contributed by atoms with Gasteiger partial charge in [0.05, 0.1) is 24.0 Å². The lowest BCUT2D eigenvalue weighted by molar-refractivity contribution is -0.121. The zero-order valence-electron chi connectivity index (χ0n) is 17.3. The van der Waals surface area contributed by atoms with E-state index in [9.17, 15) is 14.4 Å². The second-order valence-electron chi connectivity index (χ2n) is 7.15. The van der Waals surface area contributed by atoms with Gasteiger partial charge in [-0.1, -0.05) is 36.8 Å². The van der Waals surface area contributed by atoms with E-state index in [2.05, 4.69) is 20.6 Å². The third kappa shape index (κ3) is 5.30. The first-order valence-corrected chi connectivity index (χ1v) is 9.74. The molecule has 30 heavy (non-hydrogen) atoms. The zero-order valence-corrected chi connectivity index (χ0v) is 17.3.